The van der Waals surface area contributed by atoms with Crippen molar-refractivity contribution in [1.82, 2.24) is 10.2 Å². The van der Waals surface area contributed by atoms with Crippen LogP contribution in [0.3, 0.4) is 0 Å². The van der Waals surface area contributed by atoms with Gasteiger partial charge in [-0.1, -0.05) is 46.0 Å². The summed E-state index contributed by atoms with van der Waals surface area (Å²) in [6.07, 6.45) is 6.08. The van der Waals surface area contributed by atoms with E-state index in [2.05, 4.69) is 54.9 Å². The molecule has 0 spiro atoms. The summed E-state index contributed by atoms with van der Waals surface area (Å²) in [6, 6.07) is 7.94. The summed E-state index contributed by atoms with van der Waals surface area (Å²) >= 11 is 1.85. The van der Waals surface area contributed by atoms with Crippen LogP contribution in [0.25, 0.3) is 0 Å². The Morgan fingerprint density at radius 1 is 1.15 bits per heavy atom. The normalized spacial score (nSPS) is 13.9. The van der Waals surface area contributed by atoms with Gasteiger partial charge in [-0.25, -0.2) is 0 Å². The molecule has 3 rings (SSSR count). The number of hydrogen-bond acceptors (Lipinski definition) is 6. The molecule has 0 saturated carbocycles. The summed E-state index contributed by atoms with van der Waals surface area (Å²) in [4.78, 5) is 12.8. The second kappa shape index (κ2) is 12.1. The number of carbonyl (C=O) groups is 1. The lowest BCUT2D eigenvalue weighted by Crippen LogP contribution is -2.26. The topological polar surface area (TPSA) is 61.3 Å². The molecular formula is C27H34N2O3S. The third-order valence-corrected chi connectivity index (χ3v) is 6.87. The van der Waals surface area contributed by atoms with E-state index in [1.807, 2.05) is 11.8 Å². The van der Waals surface area contributed by atoms with E-state index in [1.54, 1.807) is 19.1 Å². The van der Waals surface area contributed by atoms with Crippen molar-refractivity contribution in [2.24, 2.45) is 0 Å². The number of thioether (sulfide) groups is 1. The Morgan fingerprint density at radius 3 is 2.73 bits per heavy atom. The third-order valence-electron chi connectivity index (χ3n) is 5.73. The minimum absolute atomic E-state index is 0.0584. The Labute approximate surface area is 202 Å². The predicted octanol–water partition coefficient (Wildman–Crippen LogP) is 5.71. The molecule has 33 heavy (non-hydrogen) atoms. The van der Waals surface area contributed by atoms with E-state index in [4.69, 9.17) is 9.47 Å². The molecule has 0 aliphatic carbocycles. The molecule has 2 heterocycles. The highest BCUT2D eigenvalue weighted by atomic mass is 32.2. The molecule has 176 valence electrons. The van der Waals surface area contributed by atoms with Gasteiger partial charge in [0.1, 0.15) is 11.4 Å². The minimum Gasteiger partial charge on any atom is -0.493 e. The number of fused-ring (bicyclic) bond motifs is 1. The van der Waals surface area contributed by atoms with E-state index in [-0.39, 0.29) is 17.8 Å². The van der Waals surface area contributed by atoms with Crippen molar-refractivity contribution in [3.05, 3.63) is 46.8 Å². The molecule has 0 N–H and O–H groups in total. The molecule has 0 saturated heterocycles. The molecule has 0 unspecified atom stereocenters. The van der Waals surface area contributed by atoms with Crippen LogP contribution < -0.4 is 4.74 Å². The van der Waals surface area contributed by atoms with Gasteiger partial charge < -0.3 is 9.47 Å². The van der Waals surface area contributed by atoms with Crippen LogP contribution >= 0.6 is 11.8 Å². The van der Waals surface area contributed by atoms with Crippen LogP contribution in [0.1, 0.15) is 82.3 Å². The summed E-state index contributed by atoms with van der Waals surface area (Å²) in [5.41, 5.74) is 3.43. The standard InChI is InChI=1S/C27H34N2O3S/c1-5-7-8-9-16-33-25-19-24-23(27(3,4)14-15-32-24)17-20(25)10-11-21-12-13-22(29-28-21)18-26(30)31-6-2/h12-13,17,19H,5-9,14-16,18H2,1-4H3. The summed E-state index contributed by atoms with van der Waals surface area (Å²) < 4.78 is 11.0. The van der Waals surface area contributed by atoms with Gasteiger partial charge in [0.2, 0.25) is 0 Å². The zero-order valence-electron chi connectivity index (χ0n) is 20.2. The molecular weight excluding hydrogens is 432 g/mol. The van der Waals surface area contributed by atoms with E-state index >= 15 is 0 Å². The van der Waals surface area contributed by atoms with E-state index in [9.17, 15) is 4.79 Å². The number of hydrogen-bond donors (Lipinski definition) is 0. The van der Waals surface area contributed by atoms with Gasteiger partial charge in [0, 0.05) is 16.0 Å². The molecule has 2 aromatic rings. The molecule has 1 aliphatic heterocycles. The summed E-state index contributed by atoms with van der Waals surface area (Å²) in [5.74, 6) is 8.24. The van der Waals surface area contributed by atoms with E-state index in [0.29, 0.717) is 18.0 Å². The minimum atomic E-state index is -0.301. The highest BCUT2D eigenvalue weighted by Gasteiger charge is 2.29. The zero-order chi connectivity index (χ0) is 23.7. The first-order valence-corrected chi connectivity index (χ1v) is 12.9. The van der Waals surface area contributed by atoms with Gasteiger partial charge in [0.15, 0.2) is 0 Å². The van der Waals surface area contributed by atoms with Crippen molar-refractivity contribution in [1.29, 1.82) is 0 Å². The van der Waals surface area contributed by atoms with Gasteiger partial charge in [0.25, 0.3) is 0 Å². The highest BCUT2D eigenvalue weighted by Crippen LogP contribution is 2.41. The largest absolute Gasteiger partial charge is 0.493 e. The second-order valence-electron chi connectivity index (χ2n) is 8.88. The number of esters is 1. The summed E-state index contributed by atoms with van der Waals surface area (Å²) in [7, 11) is 0. The number of aromatic nitrogens is 2. The molecule has 1 aromatic carbocycles. The van der Waals surface area contributed by atoms with Crippen molar-refractivity contribution >= 4 is 17.7 Å². The van der Waals surface area contributed by atoms with Gasteiger partial charge in [-0.2, -0.15) is 5.10 Å². The van der Waals surface area contributed by atoms with Crippen LogP contribution in [-0.4, -0.2) is 35.1 Å². The first kappa shape index (κ1) is 25.1. The first-order chi connectivity index (χ1) is 15.9. The Kier molecular flexibility index (Phi) is 9.20. The number of unbranched alkanes of at least 4 members (excludes halogenated alkanes) is 3. The lowest BCUT2D eigenvalue weighted by molar-refractivity contribution is -0.142. The smallest absolute Gasteiger partial charge is 0.311 e. The van der Waals surface area contributed by atoms with Crippen molar-refractivity contribution in [3.8, 4) is 17.6 Å². The van der Waals surface area contributed by atoms with Crippen LogP contribution in [0.5, 0.6) is 5.75 Å². The quantitative estimate of drug-likeness (QED) is 0.204. The molecule has 1 aromatic heterocycles. The maximum Gasteiger partial charge on any atom is 0.311 e. The summed E-state index contributed by atoms with van der Waals surface area (Å²) in [5, 5.41) is 8.31. The lowest BCUT2D eigenvalue weighted by atomic mass is 9.79. The average Bonchev–Trinajstić information content (AvgIpc) is 2.78. The van der Waals surface area contributed by atoms with Gasteiger partial charge in [-0.05, 0) is 61.1 Å². The van der Waals surface area contributed by atoms with Crippen molar-refractivity contribution in [3.63, 3.8) is 0 Å². The van der Waals surface area contributed by atoms with Gasteiger partial charge >= 0.3 is 5.97 Å². The number of carbonyl (C=O) groups excluding carboxylic acids is 1. The number of nitrogens with zero attached hydrogens (tertiary/aromatic N) is 2. The van der Waals surface area contributed by atoms with Crippen LogP contribution in [-0.2, 0) is 21.4 Å². The SMILES string of the molecule is CCCCCCSc1cc2c(cc1C#Cc1ccc(CC(=O)OCC)nn1)C(C)(C)CCO2. The lowest BCUT2D eigenvalue weighted by Gasteiger charge is -2.33. The maximum atomic E-state index is 11.6. The van der Waals surface area contributed by atoms with Crippen molar-refractivity contribution in [2.75, 3.05) is 19.0 Å². The van der Waals surface area contributed by atoms with Gasteiger partial charge in [-0.3, -0.25) is 4.79 Å². The van der Waals surface area contributed by atoms with Crippen molar-refractivity contribution in [2.45, 2.75) is 76.5 Å². The Hall–Kier alpha value is -2.52. The molecule has 1 aliphatic rings. The fourth-order valence-electron chi connectivity index (χ4n) is 3.70. The monoisotopic (exact) mass is 466 g/mol. The number of benzene rings is 1. The fourth-order valence-corrected chi connectivity index (χ4v) is 4.72. The average molecular weight is 467 g/mol. The maximum absolute atomic E-state index is 11.6. The van der Waals surface area contributed by atoms with Gasteiger partial charge in [-0.15, -0.1) is 16.9 Å². The predicted molar refractivity (Wildman–Crippen MR) is 133 cm³/mol. The Balaban J connectivity index is 1.82. The number of rotatable bonds is 9. The summed E-state index contributed by atoms with van der Waals surface area (Å²) in [6.45, 7) is 9.65. The zero-order valence-corrected chi connectivity index (χ0v) is 21.0. The highest BCUT2D eigenvalue weighted by molar-refractivity contribution is 7.99. The molecule has 0 radical (unpaired) electrons. The van der Waals surface area contributed by atoms with Crippen LogP contribution in [0.2, 0.25) is 0 Å². The molecule has 5 nitrogen and oxygen atoms in total. The van der Waals surface area contributed by atoms with E-state index in [0.717, 1.165) is 35.0 Å². The Bertz CT molecular complexity index is 1010. The van der Waals surface area contributed by atoms with Crippen molar-refractivity contribution < 1.29 is 14.3 Å². The molecule has 6 heteroatoms. The molecule has 0 bridgehead atoms. The van der Waals surface area contributed by atoms with Crippen LogP contribution in [0.15, 0.2) is 29.2 Å². The van der Waals surface area contributed by atoms with Crippen LogP contribution in [0.4, 0.5) is 0 Å². The molecule has 0 fully saturated rings. The van der Waals surface area contributed by atoms with E-state index in [1.165, 1.54) is 31.2 Å². The van der Waals surface area contributed by atoms with Crippen LogP contribution in [0, 0.1) is 11.8 Å². The van der Waals surface area contributed by atoms with E-state index < -0.39 is 0 Å². The third kappa shape index (κ3) is 7.23. The second-order valence-corrected chi connectivity index (χ2v) is 10.0. The Morgan fingerprint density at radius 2 is 2.00 bits per heavy atom. The fraction of sp³-hybridized carbons (Fsp3) is 0.519. The number of ether oxygens (including phenoxy) is 2. The first-order valence-electron chi connectivity index (χ1n) is 11.9. The molecule has 0 amide bonds. The van der Waals surface area contributed by atoms with Gasteiger partial charge in [0.05, 0.1) is 25.3 Å². The molecule has 0 atom stereocenters.